The summed E-state index contributed by atoms with van der Waals surface area (Å²) >= 11 is 0. The van der Waals surface area contributed by atoms with Crippen molar-refractivity contribution in [1.82, 2.24) is 0 Å². The Morgan fingerprint density at radius 2 is 1.12 bits per heavy atom. The van der Waals surface area contributed by atoms with E-state index in [1.165, 1.54) is 0 Å². The summed E-state index contributed by atoms with van der Waals surface area (Å²) < 4.78 is 8.88. The Balaban J connectivity index is -0.0000000267. The zero-order valence-corrected chi connectivity index (χ0v) is 11.5. The van der Waals surface area contributed by atoms with E-state index in [-0.39, 0.29) is 79.6 Å². The monoisotopic (exact) mass is 309 g/mol. The normalized spacial score (nSPS) is 7.38. The van der Waals surface area contributed by atoms with Crippen LogP contribution >= 0.6 is 7.82 Å². The molecule has 0 aromatic heterocycles. The summed E-state index contributed by atoms with van der Waals surface area (Å²) in [6.45, 7) is 0. The fourth-order valence-electron chi connectivity index (χ4n) is 0. The largest absolute Gasteiger partial charge is 2.00 e. The summed E-state index contributed by atoms with van der Waals surface area (Å²) in [6.07, 6.45) is 0. The first-order valence-electron chi connectivity index (χ1n) is 0.783. The van der Waals surface area contributed by atoms with Crippen LogP contribution in [0.4, 0.5) is 0 Å². The molecule has 0 unspecified atom stereocenters. The van der Waals surface area contributed by atoms with Gasteiger partial charge in [0.25, 0.3) is 0 Å². The molecular formula is H3AgCaO4PZn+5. The Labute approximate surface area is 105 Å². The molecule has 42 valence electrons. The van der Waals surface area contributed by atoms with Gasteiger partial charge in [0, 0.05) is 0 Å². The van der Waals surface area contributed by atoms with E-state index in [4.69, 9.17) is 19.2 Å². The summed E-state index contributed by atoms with van der Waals surface area (Å²) in [5.41, 5.74) is 0. The molecular weight excluding hydrogens is 308 g/mol. The van der Waals surface area contributed by atoms with E-state index >= 15 is 0 Å². The molecule has 0 bridgehead atoms. The molecule has 0 aromatic carbocycles. The third-order valence-electron chi connectivity index (χ3n) is 0. The second-order valence-electron chi connectivity index (χ2n) is 0.513. The van der Waals surface area contributed by atoms with Crippen molar-refractivity contribution in [3.63, 3.8) is 0 Å². The van der Waals surface area contributed by atoms with E-state index < -0.39 is 7.82 Å². The third-order valence-corrected chi connectivity index (χ3v) is 0. The second-order valence-corrected chi connectivity index (χ2v) is 1.54. The summed E-state index contributed by atoms with van der Waals surface area (Å²) in [7, 11) is -4.64. The van der Waals surface area contributed by atoms with Crippen molar-refractivity contribution < 1.29 is 61.1 Å². The molecule has 0 amide bonds. The average molecular weight is 311 g/mol. The number of phosphoric acid groups is 1. The van der Waals surface area contributed by atoms with Crippen molar-refractivity contribution in [2.75, 3.05) is 0 Å². The van der Waals surface area contributed by atoms with Gasteiger partial charge in [-0.1, -0.05) is 0 Å². The van der Waals surface area contributed by atoms with Crippen LogP contribution in [0.2, 0.25) is 0 Å². The van der Waals surface area contributed by atoms with Crippen molar-refractivity contribution in [2.24, 2.45) is 0 Å². The van der Waals surface area contributed by atoms with Crippen LogP contribution in [-0.4, -0.2) is 52.4 Å². The maximum Gasteiger partial charge on any atom is 2.00 e. The summed E-state index contributed by atoms with van der Waals surface area (Å²) in [6, 6.07) is 0. The first kappa shape index (κ1) is 22.4. The van der Waals surface area contributed by atoms with E-state index in [1.54, 1.807) is 0 Å². The van der Waals surface area contributed by atoms with Crippen LogP contribution in [0.3, 0.4) is 0 Å². The number of rotatable bonds is 0. The second kappa shape index (κ2) is 9.73. The van der Waals surface area contributed by atoms with Crippen LogP contribution in [0.1, 0.15) is 0 Å². The Hall–Kier alpha value is 2.73. The standard InChI is InChI=1S/Ag.Ca.H3O4P.Zn/c;;1-5(2,3)4;/h;;(H3,1,2,3,4);/q+1;+2;;+2. The topological polar surface area (TPSA) is 77.8 Å². The summed E-state index contributed by atoms with van der Waals surface area (Å²) in [4.78, 5) is 21.6. The summed E-state index contributed by atoms with van der Waals surface area (Å²) in [5.74, 6) is 0. The number of hydrogen-bond donors (Lipinski definition) is 3. The Bertz CT molecular complexity index is 62.2. The van der Waals surface area contributed by atoms with Gasteiger partial charge >= 0.3 is 87.4 Å². The first-order chi connectivity index (χ1) is 2.00. The molecule has 3 N–H and O–H groups in total. The van der Waals surface area contributed by atoms with E-state index in [0.29, 0.717) is 0 Å². The van der Waals surface area contributed by atoms with Gasteiger partial charge in [0.05, 0.1) is 0 Å². The number of hydrogen-bond acceptors (Lipinski definition) is 1. The van der Waals surface area contributed by atoms with Crippen molar-refractivity contribution in [2.45, 2.75) is 0 Å². The van der Waals surface area contributed by atoms with Crippen molar-refractivity contribution in [1.29, 1.82) is 0 Å². The molecule has 0 spiro atoms. The van der Waals surface area contributed by atoms with Crippen LogP contribution in [0.5, 0.6) is 0 Å². The molecule has 0 aliphatic heterocycles. The molecule has 0 fully saturated rings. The SMILES string of the molecule is O=P(O)(O)O.[Ag+].[Ca+2].[Zn+2]. The van der Waals surface area contributed by atoms with E-state index in [1.807, 2.05) is 0 Å². The average Bonchev–Trinajstić information content (AvgIpc) is 0.722. The fourth-order valence-corrected chi connectivity index (χ4v) is 0. The predicted octanol–water partition coefficient (Wildman–Crippen LogP) is -1.31. The van der Waals surface area contributed by atoms with Crippen LogP contribution < -0.4 is 0 Å². The van der Waals surface area contributed by atoms with Gasteiger partial charge in [-0.05, 0) is 0 Å². The minimum absolute atomic E-state index is 0. The molecule has 8 heavy (non-hydrogen) atoms. The van der Waals surface area contributed by atoms with Gasteiger partial charge in [-0.2, -0.15) is 0 Å². The van der Waals surface area contributed by atoms with Gasteiger partial charge in [-0.3, -0.25) is 0 Å². The minimum Gasteiger partial charge on any atom is -0.303 e. The van der Waals surface area contributed by atoms with Crippen LogP contribution in [0.25, 0.3) is 0 Å². The molecule has 0 heterocycles. The smallest absolute Gasteiger partial charge is 0.303 e. The van der Waals surface area contributed by atoms with Crippen molar-refractivity contribution >= 4 is 45.6 Å². The minimum atomic E-state index is -4.64. The zero-order chi connectivity index (χ0) is 4.50. The molecule has 0 radical (unpaired) electrons. The molecule has 0 atom stereocenters. The van der Waals surface area contributed by atoms with Crippen LogP contribution in [0.15, 0.2) is 0 Å². The maximum atomic E-state index is 8.88. The molecule has 0 saturated carbocycles. The van der Waals surface area contributed by atoms with Gasteiger partial charge in [0.1, 0.15) is 0 Å². The Morgan fingerprint density at radius 1 is 1.12 bits per heavy atom. The van der Waals surface area contributed by atoms with E-state index in [2.05, 4.69) is 0 Å². The van der Waals surface area contributed by atoms with E-state index in [0.717, 1.165) is 0 Å². The van der Waals surface area contributed by atoms with Gasteiger partial charge in [-0.25, -0.2) is 4.57 Å². The van der Waals surface area contributed by atoms with Gasteiger partial charge in [0.2, 0.25) is 0 Å². The van der Waals surface area contributed by atoms with Crippen LogP contribution in [-0.2, 0) is 46.4 Å². The fraction of sp³-hybridized carbons (Fsp3) is 0. The Morgan fingerprint density at radius 3 is 1.12 bits per heavy atom. The third kappa shape index (κ3) is 69.9. The van der Waals surface area contributed by atoms with E-state index in [9.17, 15) is 0 Å². The zero-order valence-electron chi connectivity index (χ0n) is 3.91. The molecule has 0 rings (SSSR count). The Kier molecular flexibility index (Phi) is 27.3. The van der Waals surface area contributed by atoms with Crippen LogP contribution in [0, 0.1) is 0 Å². The molecule has 0 saturated heterocycles. The molecule has 0 aromatic rings. The van der Waals surface area contributed by atoms with Gasteiger partial charge in [0.15, 0.2) is 0 Å². The predicted molar refractivity (Wildman–Crippen MR) is 20.0 cm³/mol. The maximum absolute atomic E-state index is 8.88. The van der Waals surface area contributed by atoms with Gasteiger partial charge < -0.3 is 14.7 Å². The molecule has 4 nitrogen and oxygen atoms in total. The van der Waals surface area contributed by atoms with Gasteiger partial charge in [-0.15, -0.1) is 0 Å². The van der Waals surface area contributed by atoms with Crippen molar-refractivity contribution in [3.05, 3.63) is 0 Å². The van der Waals surface area contributed by atoms with Crippen molar-refractivity contribution in [3.8, 4) is 0 Å². The first-order valence-corrected chi connectivity index (χ1v) is 2.35. The molecule has 8 heteroatoms. The molecule has 0 aliphatic carbocycles. The summed E-state index contributed by atoms with van der Waals surface area (Å²) in [5, 5.41) is 0. The molecule has 0 aliphatic rings. The quantitative estimate of drug-likeness (QED) is 0.383.